The maximum atomic E-state index is 6.86. The molecule has 10 aromatic rings. The van der Waals surface area contributed by atoms with E-state index in [2.05, 4.69) is 187 Å². The third kappa shape index (κ3) is 4.90. The second-order valence-corrected chi connectivity index (χ2v) is 12.9. The zero-order valence-corrected chi connectivity index (χ0v) is 27.7. The molecular formula is C48H31NO2. The normalized spacial score (nSPS) is 11.5. The number of hydrogen-bond donors (Lipinski definition) is 0. The van der Waals surface area contributed by atoms with Crippen molar-refractivity contribution in [3.63, 3.8) is 0 Å². The lowest BCUT2D eigenvalue weighted by Crippen LogP contribution is -2.10. The first kappa shape index (κ1) is 29.1. The number of rotatable bonds is 6. The summed E-state index contributed by atoms with van der Waals surface area (Å²) >= 11 is 0. The smallest absolute Gasteiger partial charge is 0.160 e. The predicted octanol–water partition coefficient (Wildman–Crippen LogP) is 14.0. The molecule has 10 rings (SSSR count). The van der Waals surface area contributed by atoms with Crippen LogP contribution in [0.5, 0.6) is 0 Å². The number of para-hydroxylation sites is 1. The Kier molecular flexibility index (Phi) is 6.81. The van der Waals surface area contributed by atoms with Crippen LogP contribution in [0.25, 0.3) is 77.3 Å². The van der Waals surface area contributed by atoms with Gasteiger partial charge >= 0.3 is 0 Å². The molecule has 0 fully saturated rings. The fourth-order valence-corrected chi connectivity index (χ4v) is 7.49. The van der Waals surface area contributed by atoms with Crippen LogP contribution >= 0.6 is 0 Å². The van der Waals surface area contributed by atoms with Crippen LogP contribution < -0.4 is 4.90 Å². The molecule has 0 aliphatic heterocycles. The number of fused-ring (bicyclic) bond motifs is 6. The Morgan fingerprint density at radius 1 is 0.333 bits per heavy atom. The van der Waals surface area contributed by atoms with Crippen LogP contribution in [0.3, 0.4) is 0 Å². The molecule has 2 aromatic heterocycles. The highest BCUT2D eigenvalue weighted by Gasteiger charge is 2.25. The minimum Gasteiger partial charge on any atom is -0.456 e. The molecular weight excluding hydrogens is 623 g/mol. The van der Waals surface area contributed by atoms with E-state index in [0.29, 0.717) is 0 Å². The van der Waals surface area contributed by atoms with Crippen LogP contribution in [-0.2, 0) is 0 Å². The third-order valence-corrected chi connectivity index (χ3v) is 9.88. The molecule has 0 saturated heterocycles. The lowest BCUT2D eigenvalue weighted by Gasteiger charge is -2.27. The minimum absolute atomic E-state index is 0.833. The minimum atomic E-state index is 0.833. The summed E-state index contributed by atoms with van der Waals surface area (Å²) in [5, 5.41) is 4.30. The molecule has 0 atom stereocenters. The molecule has 0 spiro atoms. The average molecular weight is 654 g/mol. The Hall–Kier alpha value is -6.84. The van der Waals surface area contributed by atoms with Crippen molar-refractivity contribution in [1.82, 2.24) is 0 Å². The number of hydrogen-bond acceptors (Lipinski definition) is 3. The van der Waals surface area contributed by atoms with Gasteiger partial charge in [0.1, 0.15) is 16.7 Å². The van der Waals surface area contributed by atoms with Gasteiger partial charge in [0.25, 0.3) is 0 Å². The molecule has 0 radical (unpaired) electrons. The van der Waals surface area contributed by atoms with Crippen molar-refractivity contribution < 1.29 is 8.83 Å². The monoisotopic (exact) mass is 653 g/mol. The van der Waals surface area contributed by atoms with E-state index >= 15 is 0 Å². The number of anilines is 3. The first-order chi connectivity index (χ1) is 25.3. The van der Waals surface area contributed by atoms with Crippen molar-refractivity contribution in [1.29, 1.82) is 0 Å². The average Bonchev–Trinajstić information content (AvgIpc) is 3.79. The van der Waals surface area contributed by atoms with E-state index in [1.807, 2.05) is 6.07 Å². The summed E-state index contributed by atoms with van der Waals surface area (Å²) in [6.07, 6.45) is 0. The molecule has 0 N–H and O–H groups in total. The molecule has 51 heavy (non-hydrogen) atoms. The van der Waals surface area contributed by atoms with Crippen molar-refractivity contribution in [2.24, 2.45) is 0 Å². The van der Waals surface area contributed by atoms with Gasteiger partial charge in [0.2, 0.25) is 0 Å². The summed E-state index contributed by atoms with van der Waals surface area (Å²) < 4.78 is 13.4. The van der Waals surface area contributed by atoms with Crippen LogP contribution in [0.15, 0.2) is 197 Å². The topological polar surface area (TPSA) is 29.5 Å². The molecule has 0 saturated carbocycles. The highest BCUT2D eigenvalue weighted by molar-refractivity contribution is 6.19. The highest BCUT2D eigenvalue weighted by Crippen LogP contribution is 2.49. The molecule has 0 bridgehead atoms. The summed E-state index contributed by atoms with van der Waals surface area (Å²) in [6, 6.07) is 66.0. The van der Waals surface area contributed by atoms with Gasteiger partial charge in [-0.25, -0.2) is 0 Å². The summed E-state index contributed by atoms with van der Waals surface area (Å²) in [5.74, 6) is 0. The van der Waals surface area contributed by atoms with Gasteiger partial charge in [0.05, 0.1) is 16.8 Å². The Balaban J connectivity index is 1.26. The van der Waals surface area contributed by atoms with Gasteiger partial charge in [-0.2, -0.15) is 0 Å². The van der Waals surface area contributed by atoms with Crippen molar-refractivity contribution in [2.45, 2.75) is 0 Å². The van der Waals surface area contributed by atoms with Crippen LogP contribution in [0.4, 0.5) is 17.1 Å². The first-order valence-corrected chi connectivity index (χ1v) is 17.3. The van der Waals surface area contributed by atoms with Crippen LogP contribution in [-0.4, -0.2) is 0 Å². The van der Waals surface area contributed by atoms with Crippen molar-refractivity contribution in [2.75, 3.05) is 4.90 Å². The zero-order chi connectivity index (χ0) is 33.7. The van der Waals surface area contributed by atoms with E-state index in [9.17, 15) is 0 Å². The zero-order valence-electron chi connectivity index (χ0n) is 27.7. The van der Waals surface area contributed by atoms with E-state index in [1.165, 1.54) is 11.1 Å². The van der Waals surface area contributed by atoms with E-state index < -0.39 is 0 Å². The summed E-state index contributed by atoms with van der Waals surface area (Å²) in [5.41, 5.74) is 13.3. The first-order valence-electron chi connectivity index (χ1n) is 17.3. The van der Waals surface area contributed by atoms with Gasteiger partial charge in [-0.1, -0.05) is 140 Å². The molecule has 3 heteroatoms. The summed E-state index contributed by atoms with van der Waals surface area (Å²) in [4.78, 5) is 2.33. The van der Waals surface area contributed by atoms with Gasteiger partial charge in [-0.3, -0.25) is 0 Å². The molecule has 2 heterocycles. The molecule has 8 aromatic carbocycles. The van der Waals surface area contributed by atoms with Crippen molar-refractivity contribution in [3.05, 3.63) is 188 Å². The van der Waals surface area contributed by atoms with E-state index in [-0.39, 0.29) is 0 Å². The number of furan rings is 2. The quantitative estimate of drug-likeness (QED) is 0.179. The molecule has 0 unspecified atom stereocenters. The number of benzene rings is 8. The maximum absolute atomic E-state index is 6.86. The lowest BCUT2D eigenvalue weighted by atomic mass is 9.97. The fraction of sp³-hybridized carbons (Fsp3) is 0. The van der Waals surface area contributed by atoms with Gasteiger partial charge in [-0.05, 0) is 81.9 Å². The standard InChI is InChI=1S/C48H31NO2/c1-4-13-32(14-5-1)34-23-26-37(27-24-34)49(41-20-12-22-45-47(41)40-31-36(25-30-44(40)50-45)33-15-6-2-7-16-33)42-29-28-38(35-17-8-3-9-18-35)46-39-19-10-11-21-43(39)51-48(42)46/h1-31H. The van der Waals surface area contributed by atoms with Crippen LogP contribution in [0.1, 0.15) is 0 Å². The molecule has 0 aliphatic rings. The summed E-state index contributed by atoms with van der Waals surface area (Å²) in [6.45, 7) is 0. The van der Waals surface area contributed by atoms with Gasteiger partial charge in [0.15, 0.2) is 5.58 Å². The van der Waals surface area contributed by atoms with E-state index in [1.54, 1.807) is 0 Å². The van der Waals surface area contributed by atoms with E-state index in [4.69, 9.17) is 8.83 Å². The lowest BCUT2D eigenvalue weighted by molar-refractivity contribution is 0.668. The Morgan fingerprint density at radius 2 is 0.922 bits per heavy atom. The third-order valence-electron chi connectivity index (χ3n) is 9.88. The Bertz CT molecular complexity index is 2830. The molecule has 0 amide bonds. The fourth-order valence-electron chi connectivity index (χ4n) is 7.49. The van der Waals surface area contributed by atoms with Gasteiger partial charge < -0.3 is 13.7 Å². The molecule has 240 valence electrons. The van der Waals surface area contributed by atoms with Gasteiger partial charge in [-0.15, -0.1) is 0 Å². The Labute approximate surface area is 295 Å². The second kappa shape index (κ2) is 11.9. The van der Waals surface area contributed by atoms with Crippen molar-refractivity contribution in [3.8, 4) is 33.4 Å². The van der Waals surface area contributed by atoms with E-state index in [0.717, 1.165) is 83.2 Å². The summed E-state index contributed by atoms with van der Waals surface area (Å²) in [7, 11) is 0. The van der Waals surface area contributed by atoms with Gasteiger partial charge in [0, 0.05) is 21.8 Å². The highest BCUT2D eigenvalue weighted by atomic mass is 16.3. The van der Waals surface area contributed by atoms with Crippen LogP contribution in [0.2, 0.25) is 0 Å². The number of nitrogens with zero attached hydrogens (tertiary/aromatic N) is 1. The predicted molar refractivity (Wildman–Crippen MR) is 212 cm³/mol. The Morgan fingerprint density at radius 3 is 1.67 bits per heavy atom. The second-order valence-electron chi connectivity index (χ2n) is 12.9. The van der Waals surface area contributed by atoms with Crippen LogP contribution in [0, 0.1) is 0 Å². The SMILES string of the molecule is c1ccc(-c2ccc(N(c3ccc(-c4ccccc4)c4c3oc3ccccc34)c3cccc4oc5ccc(-c6ccccc6)cc5c34)cc2)cc1. The maximum Gasteiger partial charge on any atom is 0.160 e. The largest absolute Gasteiger partial charge is 0.456 e. The molecule has 3 nitrogen and oxygen atoms in total. The van der Waals surface area contributed by atoms with Crippen molar-refractivity contribution >= 4 is 60.9 Å². The molecule has 0 aliphatic carbocycles.